The molecule has 0 amide bonds. The Bertz CT molecular complexity index is 844. The second kappa shape index (κ2) is 4.73. The van der Waals surface area contributed by atoms with Crippen LogP contribution in [-0.4, -0.2) is 31.2 Å². The highest BCUT2D eigenvalue weighted by atomic mass is 16.3. The van der Waals surface area contributed by atoms with Crippen LogP contribution in [0.1, 0.15) is 31.7 Å². The van der Waals surface area contributed by atoms with Gasteiger partial charge in [-0.25, -0.2) is 9.78 Å². The summed E-state index contributed by atoms with van der Waals surface area (Å²) in [4.78, 5) is 22.7. The Balaban J connectivity index is 1.93. The first-order valence-electron chi connectivity index (χ1n) is 7.45. The highest BCUT2D eigenvalue weighted by Gasteiger charge is 2.26. The minimum Gasteiger partial charge on any atom is -0.396 e. The van der Waals surface area contributed by atoms with Crippen LogP contribution in [0.25, 0.3) is 22.1 Å². The number of imidazole rings is 1. The quantitative estimate of drug-likeness (QED) is 0.672. The number of aromatic nitrogens is 4. The number of fused-ring (bicyclic) bond motifs is 3. The van der Waals surface area contributed by atoms with Crippen LogP contribution in [0.4, 0.5) is 0 Å². The number of aliphatic hydroxyl groups is 1. The first kappa shape index (κ1) is 12.6. The number of aliphatic hydroxyl groups excluding tert-OH is 1. The van der Waals surface area contributed by atoms with Crippen molar-refractivity contribution in [3.8, 4) is 0 Å². The van der Waals surface area contributed by atoms with Gasteiger partial charge in [-0.05, 0) is 31.2 Å². The van der Waals surface area contributed by atoms with E-state index in [2.05, 4.69) is 15.0 Å². The molecule has 21 heavy (non-hydrogen) atoms. The lowest BCUT2D eigenvalue weighted by Gasteiger charge is -2.28. The van der Waals surface area contributed by atoms with Crippen molar-refractivity contribution in [1.29, 1.82) is 0 Å². The van der Waals surface area contributed by atoms with Crippen LogP contribution in [-0.2, 0) is 0 Å². The molecule has 6 heteroatoms. The van der Waals surface area contributed by atoms with Gasteiger partial charge < -0.3 is 15.1 Å². The largest absolute Gasteiger partial charge is 0.396 e. The molecular weight excluding hydrogens is 268 g/mol. The van der Waals surface area contributed by atoms with Crippen LogP contribution in [0, 0.1) is 5.92 Å². The molecule has 4 rings (SSSR count). The SMILES string of the molecule is O=c1[nH]c2cnc3[nH]ccc3c2n1[C@H]1CCC[C@H](CO)C1. The lowest BCUT2D eigenvalue weighted by molar-refractivity contribution is 0.163. The number of hydrogen-bond acceptors (Lipinski definition) is 3. The molecule has 0 bridgehead atoms. The molecule has 0 unspecified atom stereocenters. The second-order valence-corrected chi connectivity index (χ2v) is 5.93. The number of aromatic amines is 2. The highest BCUT2D eigenvalue weighted by molar-refractivity contribution is 6.00. The summed E-state index contributed by atoms with van der Waals surface area (Å²) < 4.78 is 1.87. The van der Waals surface area contributed by atoms with E-state index >= 15 is 0 Å². The van der Waals surface area contributed by atoms with E-state index in [1.165, 1.54) is 0 Å². The minimum absolute atomic E-state index is 0.0795. The summed E-state index contributed by atoms with van der Waals surface area (Å²) in [5.74, 6) is 0.296. The number of nitrogens with one attached hydrogen (secondary N) is 2. The van der Waals surface area contributed by atoms with Crippen LogP contribution >= 0.6 is 0 Å². The van der Waals surface area contributed by atoms with E-state index in [0.29, 0.717) is 5.92 Å². The van der Waals surface area contributed by atoms with Gasteiger partial charge in [-0.15, -0.1) is 0 Å². The predicted octanol–water partition coefficient (Wildman–Crippen LogP) is 1.93. The third-order valence-electron chi connectivity index (χ3n) is 4.64. The van der Waals surface area contributed by atoms with Crippen molar-refractivity contribution in [3.63, 3.8) is 0 Å². The Morgan fingerprint density at radius 2 is 2.33 bits per heavy atom. The molecule has 6 nitrogen and oxygen atoms in total. The molecule has 0 saturated heterocycles. The predicted molar refractivity (Wildman–Crippen MR) is 80.3 cm³/mol. The molecular formula is C15H18N4O2. The smallest absolute Gasteiger partial charge is 0.326 e. The van der Waals surface area contributed by atoms with Gasteiger partial charge in [0.2, 0.25) is 0 Å². The average molecular weight is 286 g/mol. The third kappa shape index (κ3) is 1.90. The molecule has 3 heterocycles. The molecule has 3 aromatic heterocycles. The van der Waals surface area contributed by atoms with Gasteiger partial charge >= 0.3 is 5.69 Å². The van der Waals surface area contributed by atoms with Crippen LogP contribution in [0.5, 0.6) is 0 Å². The molecule has 0 spiro atoms. The van der Waals surface area contributed by atoms with Crippen LogP contribution in [0.2, 0.25) is 0 Å². The molecule has 110 valence electrons. The third-order valence-corrected chi connectivity index (χ3v) is 4.64. The second-order valence-electron chi connectivity index (χ2n) is 5.93. The topological polar surface area (TPSA) is 86.7 Å². The van der Waals surface area contributed by atoms with Gasteiger partial charge in [0.1, 0.15) is 5.65 Å². The summed E-state index contributed by atoms with van der Waals surface area (Å²) in [5, 5.41) is 10.4. The standard InChI is InChI=1S/C15H18N4O2/c20-8-9-2-1-3-10(6-9)19-13-11-4-5-16-14(11)17-7-12(13)18-15(19)21/h4-5,7,9-10,20H,1-3,6,8H2,(H,16,17)(H,18,21)/t9-,10-/m0/s1. The molecule has 3 N–H and O–H groups in total. The maximum absolute atomic E-state index is 12.4. The molecule has 3 aromatic rings. The van der Waals surface area contributed by atoms with Crippen LogP contribution in [0.3, 0.4) is 0 Å². The number of rotatable bonds is 2. The summed E-state index contributed by atoms with van der Waals surface area (Å²) in [5.41, 5.74) is 2.42. The van der Waals surface area contributed by atoms with Crippen molar-refractivity contribution in [2.24, 2.45) is 5.92 Å². The summed E-state index contributed by atoms with van der Waals surface area (Å²) >= 11 is 0. The zero-order chi connectivity index (χ0) is 14.4. The van der Waals surface area contributed by atoms with Crippen molar-refractivity contribution >= 4 is 22.1 Å². The zero-order valence-corrected chi connectivity index (χ0v) is 11.7. The molecule has 0 aliphatic heterocycles. The molecule has 1 aliphatic carbocycles. The maximum atomic E-state index is 12.4. The molecule has 1 aliphatic rings. The van der Waals surface area contributed by atoms with E-state index in [9.17, 15) is 9.90 Å². The fourth-order valence-corrected chi connectivity index (χ4v) is 3.63. The maximum Gasteiger partial charge on any atom is 0.326 e. The van der Waals surface area contributed by atoms with Crippen LogP contribution in [0.15, 0.2) is 23.3 Å². The Labute approximate surface area is 120 Å². The van der Waals surface area contributed by atoms with Gasteiger partial charge in [0, 0.05) is 24.2 Å². The zero-order valence-electron chi connectivity index (χ0n) is 11.7. The van der Waals surface area contributed by atoms with Gasteiger partial charge in [-0.2, -0.15) is 0 Å². The van der Waals surface area contributed by atoms with Crippen molar-refractivity contribution in [1.82, 2.24) is 19.5 Å². The molecule has 0 aromatic carbocycles. The van der Waals surface area contributed by atoms with Crippen molar-refractivity contribution in [3.05, 3.63) is 28.9 Å². The summed E-state index contributed by atoms with van der Waals surface area (Å²) in [6, 6.07) is 2.11. The van der Waals surface area contributed by atoms with E-state index < -0.39 is 0 Å². The lowest BCUT2D eigenvalue weighted by atomic mass is 9.86. The first-order chi connectivity index (χ1) is 10.3. The summed E-state index contributed by atoms with van der Waals surface area (Å²) in [6.45, 7) is 0.203. The Kier molecular flexibility index (Phi) is 2.85. The fourth-order valence-electron chi connectivity index (χ4n) is 3.63. The van der Waals surface area contributed by atoms with Crippen molar-refractivity contribution < 1.29 is 5.11 Å². The van der Waals surface area contributed by atoms with E-state index in [1.807, 2.05) is 16.8 Å². The molecule has 1 saturated carbocycles. The lowest BCUT2D eigenvalue weighted by Crippen LogP contribution is -2.28. The van der Waals surface area contributed by atoms with Gasteiger partial charge in [0.25, 0.3) is 0 Å². The summed E-state index contributed by atoms with van der Waals surface area (Å²) in [6.07, 6.45) is 7.49. The first-order valence-corrected chi connectivity index (χ1v) is 7.45. The minimum atomic E-state index is -0.0795. The Hall–Kier alpha value is -2.08. The van der Waals surface area contributed by atoms with Crippen molar-refractivity contribution in [2.45, 2.75) is 31.7 Å². The average Bonchev–Trinajstić information content (AvgIpc) is 3.09. The van der Waals surface area contributed by atoms with Crippen molar-refractivity contribution in [2.75, 3.05) is 6.61 Å². The monoisotopic (exact) mass is 286 g/mol. The highest BCUT2D eigenvalue weighted by Crippen LogP contribution is 2.34. The van der Waals surface area contributed by atoms with E-state index in [-0.39, 0.29) is 18.3 Å². The molecule has 2 atom stereocenters. The van der Waals surface area contributed by atoms with Gasteiger partial charge in [-0.1, -0.05) is 6.42 Å². The molecule has 1 fully saturated rings. The van der Waals surface area contributed by atoms with E-state index in [0.717, 1.165) is 47.8 Å². The van der Waals surface area contributed by atoms with Crippen LogP contribution < -0.4 is 5.69 Å². The summed E-state index contributed by atoms with van der Waals surface area (Å²) in [7, 11) is 0. The number of nitrogens with zero attached hydrogens (tertiary/aromatic N) is 2. The van der Waals surface area contributed by atoms with Gasteiger partial charge in [0.15, 0.2) is 0 Å². The fraction of sp³-hybridized carbons (Fsp3) is 0.467. The number of pyridine rings is 1. The van der Waals surface area contributed by atoms with Gasteiger partial charge in [-0.3, -0.25) is 4.57 Å². The molecule has 0 radical (unpaired) electrons. The van der Waals surface area contributed by atoms with E-state index in [1.54, 1.807) is 6.20 Å². The number of hydrogen-bond donors (Lipinski definition) is 3. The van der Waals surface area contributed by atoms with E-state index in [4.69, 9.17) is 0 Å². The Morgan fingerprint density at radius 3 is 3.19 bits per heavy atom. The number of H-pyrrole nitrogens is 2. The normalized spacial score (nSPS) is 23.1. The Morgan fingerprint density at radius 1 is 1.43 bits per heavy atom. The van der Waals surface area contributed by atoms with Gasteiger partial charge in [0.05, 0.1) is 17.2 Å².